The average Bonchev–Trinajstić information content (AvgIpc) is 2.96. The van der Waals surface area contributed by atoms with E-state index in [2.05, 4.69) is 10.2 Å². The van der Waals surface area contributed by atoms with Gasteiger partial charge in [0.1, 0.15) is 0 Å². The van der Waals surface area contributed by atoms with Gasteiger partial charge in [0.05, 0.1) is 25.2 Å². The van der Waals surface area contributed by atoms with Crippen molar-refractivity contribution >= 4 is 48.3 Å². The lowest BCUT2D eigenvalue weighted by Crippen LogP contribution is -2.47. The second-order valence-electron chi connectivity index (χ2n) is 6.63. The SMILES string of the molecule is Cl.Cl.N[C@@H](CC(=O)O)C(=O)N[C@@H]1C[C@H]2CO[C@@H](c3ccc(Cl)cc3)CN2C1. The largest absolute Gasteiger partial charge is 0.481 e. The number of nitrogens with two attached hydrogens (primary N) is 1. The van der Waals surface area contributed by atoms with Crippen LogP contribution in [0.2, 0.25) is 5.02 Å². The number of ether oxygens (including phenoxy) is 1. The number of carboxylic acid groups (broad SMARTS) is 1. The van der Waals surface area contributed by atoms with E-state index in [1.807, 2.05) is 24.3 Å². The first-order valence-electron chi connectivity index (χ1n) is 8.31. The van der Waals surface area contributed by atoms with Crippen molar-refractivity contribution in [1.82, 2.24) is 10.2 Å². The summed E-state index contributed by atoms with van der Waals surface area (Å²) in [5.41, 5.74) is 6.69. The summed E-state index contributed by atoms with van der Waals surface area (Å²) in [4.78, 5) is 25.0. The van der Waals surface area contributed by atoms with E-state index in [-0.39, 0.29) is 49.4 Å². The highest BCUT2D eigenvalue weighted by molar-refractivity contribution is 6.30. The maximum absolute atomic E-state index is 12.0. The molecule has 27 heavy (non-hydrogen) atoms. The number of morpholine rings is 1. The average molecular weight is 441 g/mol. The molecule has 2 heterocycles. The molecule has 1 amide bonds. The van der Waals surface area contributed by atoms with Gasteiger partial charge >= 0.3 is 5.97 Å². The second-order valence-corrected chi connectivity index (χ2v) is 7.06. The van der Waals surface area contributed by atoms with E-state index >= 15 is 0 Å². The number of carbonyl (C=O) groups excluding carboxylic acids is 1. The van der Waals surface area contributed by atoms with Crippen LogP contribution in [0.15, 0.2) is 24.3 Å². The van der Waals surface area contributed by atoms with Gasteiger partial charge < -0.3 is 20.9 Å². The van der Waals surface area contributed by atoms with Crippen LogP contribution in [0, 0.1) is 0 Å². The van der Waals surface area contributed by atoms with Crippen LogP contribution < -0.4 is 11.1 Å². The summed E-state index contributed by atoms with van der Waals surface area (Å²) in [5.74, 6) is -1.49. The first kappa shape index (κ1) is 23.9. The fourth-order valence-corrected chi connectivity index (χ4v) is 3.57. The summed E-state index contributed by atoms with van der Waals surface area (Å²) in [6.45, 7) is 2.06. The molecule has 2 aliphatic heterocycles. The summed E-state index contributed by atoms with van der Waals surface area (Å²) in [6, 6.07) is 6.83. The number of carboxylic acids is 1. The number of nitrogens with zero attached hydrogens (tertiary/aromatic N) is 1. The van der Waals surface area contributed by atoms with Crippen LogP contribution in [0.5, 0.6) is 0 Å². The maximum Gasteiger partial charge on any atom is 0.305 e. The van der Waals surface area contributed by atoms with Gasteiger partial charge in [-0.05, 0) is 24.1 Å². The molecule has 10 heteroatoms. The molecule has 0 saturated carbocycles. The molecule has 3 rings (SSSR count). The number of aliphatic carboxylic acids is 1. The van der Waals surface area contributed by atoms with E-state index in [0.717, 1.165) is 18.5 Å². The highest BCUT2D eigenvalue weighted by Crippen LogP contribution is 2.30. The number of hydrogen-bond donors (Lipinski definition) is 3. The Bertz CT molecular complexity index is 647. The molecule has 1 aromatic rings. The van der Waals surface area contributed by atoms with E-state index in [1.54, 1.807) is 0 Å². The lowest BCUT2D eigenvalue weighted by atomic mass is 10.1. The number of nitrogens with one attached hydrogen (secondary N) is 1. The molecule has 4 N–H and O–H groups in total. The Kier molecular flexibility index (Phi) is 9.27. The molecule has 2 aliphatic rings. The molecule has 2 fully saturated rings. The third-order valence-electron chi connectivity index (χ3n) is 4.74. The van der Waals surface area contributed by atoms with Gasteiger partial charge in [-0.1, -0.05) is 23.7 Å². The van der Waals surface area contributed by atoms with Crippen molar-refractivity contribution in [2.75, 3.05) is 19.7 Å². The fourth-order valence-electron chi connectivity index (χ4n) is 3.45. The Morgan fingerprint density at radius 1 is 1.30 bits per heavy atom. The minimum absolute atomic E-state index is 0. The Morgan fingerprint density at radius 2 is 1.96 bits per heavy atom. The van der Waals surface area contributed by atoms with Crippen LogP contribution >= 0.6 is 36.4 Å². The number of halogens is 3. The molecule has 4 atom stereocenters. The Morgan fingerprint density at radius 3 is 2.59 bits per heavy atom. The van der Waals surface area contributed by atoms with Crippen LogP contribution in [0.1, 0.15) is 24.5 Å². The van der Waals surface area contributed by atoms with Gasteiger partial charge in [0.2, 0.25) is 5.91 Å². The zero-order valence-corrected chi connectivity index (χ0v) is 16.9. The molecule has 0 unspecified atom stereocenters. The molecule has 0 radical (unpaired) electrons. The summed E-state index contributed by atoms with van der Waals surface area (Å²) >= 11 is 5.93. The van der Waals surface area contributed by atoms with Crippen molar-refractivity contribution in [3.05, 3.63) is 34.9 Å². The van der Waals surface area contributed by atoms with Gasteiger partial charge in [-0.3, -0.25) is 14.5 Å². The minimum Gasteiger partial charge on any atom is -0.481 e. The minimum atomic E-state index is -1.08. The van der Waals surface area contributed by atoms with Crippen molar-refractivity contribution in [3.8, 4) is 0 Å². The summed E-state index contributed by atoms with van der Waals surface area (Å²) in [7, 11) is 0. The number of rotatable bonds is 5. The molecule has 7 nitrogen and oxygen atoms in total. The maximum atomic E-state index is 12.0. The van der Waals surface area contributed by atoms with Crippen molar-refractivity contribution in [1.29, 1.82) is 0 Å². The third kappa shape index (κ3) is 6.20. The second kappa shape index (κ2) is 10.5. The van der Waals surface area contributed by atoms with Gasteiger partial charge in [-0.15, -0.1) is 24.8 Å². The standard InChI is InChI=1S/C17H22ClN3O4.2ClH/c18-11-3-1-10(2-4-11)15-8-21-7-12(5-13(21)9-25-15)20-17(24)14(19)6-16(22)23;;/h1-4,12-15H,5-9,19H2,(H,20,24)(H,22,23);2*1H/t12-,13+,14+,15-;;/m1../s1. The third-order valence-corrected chi connectivity index (χ3v) is 4.99. The van der Waals surface area contributed by atoms with Gasteiger partial charge in [0.25, 0.3) is 0 Å². The summed E-state index contributed by atoms with van der Waals surface area (Å²) in [6.07, 6.45) is 0.393. The van der Waals surface area contributed by atoms with Gasteiger partial charge in [-0.2, -0.15) is 0 Å². The Balaban J connectivity index is 0.00000182. The zero-order valence-electron chi connectivity index (χ0n) is 14.5. The quantitative estimate of drug-likeness (QED) is 0.642. The molecule has 0 aliphatic carbocycles. The van der Waals surface area contributed by atoms with Gasteiger partial charge in [0, 0.05) is 30.2 Å². The first-order valence-corrected chi connectivity index (χ1v) is 8.69. The van der Waals surface area contributed by atoms with Crippen LogP contribution in [-0.2, 0) is 14.3 Å². The van der Waals surface area contributed by atoms with Gasteiger partial charge in [-0.25, -0.2) is 0 Å². The van der Waals surface area contributed by atoms with Gasteiger partial charge in [0.15, 0.2) is 0 Å². The molecular formula is C17H24Cl3N3O4. The smallest absolute Gasteiger partial charge is 0.305 e. The van der Waals surface area contributed by atoms with E-state index in [1.165, 1.54) is 0 Å². The normalized spacial score (nSPS) is 25.5. The van der Waals surface area contributed by atoms with Crippen molar-refractivity contribution in [2.24, 2.45) is 5.73 Å². The fraction of sp³-hybridized carbons (Fsp3) is 0.529. The Hall–Kier alpha value is -1.09. The van der Waals surface area contributed by atoms with E-state index in [9.17, 15) is 9.59 Å². The number of carbonyl (C=O) groups is 2. The number of amides is 1. The Labute approximate surface area is 175 Å². The lowest BCUT2D eigenvalue weighted by molar-refractivity contribution is -0.139. The number of fused-ring (bicyclic) bond motifs is 1. The predicted octanol–water partition coefficient (Wildman–Crippen LogP) is 1.62. The molecular weight excluding hydrogens is 417 g/mol. The van der Waals surface area contributed by atoms with Crippen molar-refractivity contribution in [2.45, 2.75) is 37.1 Å². The highest BCUT2D eigenvalue weighted by atomic mass is 35.5. The molecule has 0 bridgehead atoms. The highest BCUT2D eigenvalue weighted by Gasteiger charge is 2.38. The van der Waals surface area contributed by atoms with Crippen LogP contribution in [0.25, 0.3) is 0 Å². The molecule has 0 spiro atoms. The lowest BCUT2D eigenvalue weighted by Gasteiger charge is -2.35. The van der Waals surface area contributed by atoms with E-state index in [0.29, 0.717) is 18.2 Å². The monoisotopic (exact) mass is 439 g/mol. The van der Waals surface area contributed by atoms with Crippen LogP contribution in [0.4, 0.5) is 0 Å². The topological polar surface area (TPSA) is 105 Å². The number of hydrogen-bond acceptors (Lipinski definition) is 5. The first-order chi connectivity index (χ1) is 11.9. The molecule has 152 valence electrons. The van der Waals surface area contributed by atoms with Crippen LogP contribution in [-0.4, -0.2) is 59.7 Å². The van der Waals surface area contributed by atoms with E-state index in [4.69, 9.17) is 27.2 Å². The molecule has 0 aromatic heterocycles. The van der Waals surface area contributed by atoms with E-state index < -0.39 is 17.9 Å². The van der Waals surface area contributed by atoms with Crippen molar-refractivity contribution < 1.29 is 19.4 Å². The number of benzene rings is 1. The summed E-state index contributed by atoms with van der Waals surface area (Å²) < 4.78 is 5.97. The zero-order chi connectivity index (χ0) is 18.0. The predicted molar refractivity (Wildman–Crippen MR) is 107 cm³/mol. The molecule has 2 saturated heterocycles. The summed E-state index contributed by atoms with van der Waals surface area (Å²) in [5, 5.41) is 12.3. The van der Waals surface area contributed by atoms with Crippen molar-refractivity contribution in [3.63, 3.8) is 0 Å². The van der Waals surface area contributed by atoms with Crippen LogP contribution in [0.3, 0.4) is 0 Å². The molecule has 1 aromatic carbocycles.